The van der Waals surface area contributed by atoms with E-state index in [2.05, 4.69) is 5.32 Å². The van der Waals surface area contributed by atoms with Gasteiger partial charge in [0.2, 0.25) is 5.91 Å². The lowest BCUT2D eigenvalue weighted by Crippen LogP contribution is -2.22. The SMILES string of the molecule is Cc1sc(NC(=O)C2CCCC2)c(C(N)=O)c1C. The van der Waals surface area contributed by atoms with Gasteiger partial charge >= 0.3 is 0 Å². The molecule has 2 amide bonds. The molecule has 1 aromatic rings. The minimum Gasteiger partial charge on any atom is -0.365 e. The number of thiophene rings is 1. The Labute approximate surface area is 111 Å². The monoisotopic (exact) mass is 266 g/mol. The third-order valence-corrected chi connectivity index (χ3v) is 4.72. The van der Waals surface area contributed by atoms with Crippen molar-refractivity contribution in [3.63, 3.8) is 0 Å². The van der Waals surface area contributed by atoms with E-state index in [0.29, 0.717) is 10.6 Å². The lowest BCUT2D eigenvalue weighted by Gasteiger charge is -2.09. The Morgan fingerprint density at radius 1 is 1.28 bits per heavy atom. The van der Waals surface area contributed by atoms with E-state index < -0.39 is 5.91 Å². The van der Waals surface area contributed by atoms with E-state index in [0.717, 1.165) is 36.1 Å². The van der Waals surface area contributed by atoms with Crippen molar-refractivity contribution in [1.82, 2.24) is 0 Å². The maximum Gasteiger partial charge on any atom is 0.251 e. The third kappa shape index (κ3) is 2.41. The van der Waals surface area contributed by atoms with Gasteiger partial charge in [-0.15, -0.1) is 11.3 Å². The van der Waals surface area contributed by atoms with E-state index in [1.165, 1.54) is 11.3 Å². The van der Waals surface area contributed by atoms with Gasteiger partial charge < -0.3 is 11.1 Å². The van der Waals surface area contributed by atoms with E-state index in [-0.39, 0.29) is 11.8 Å². The summed E-state index contributed by atoms with van der Waals surface area (Å²) in [7, 11) is 0. The van der Waals surface area contributed by atoms with Crippen LogP contribution in [-0.4, -0.2) is 11.8 Å². The smallest absolute Gasteiger partial charge is 0.251 e. The number of carbonyl (C=O) groups is 2. The molecule has 1 aliphatic carbocycles. The predicted octanol–water partition coefficient (Wildman–Crippen LogP) is 2.59. The number of carbonyl (C=O) groups excluding carboxylic acids is 2. The van der Waals surface area contributed by atoms with Gasteiger partial charge in [0.15, 0.2) is 0 Å². The summed E-state index contributed by atoms with van der Waals surface area (Å²) >= 11 is 1.42. The maximum absolute atomic E-state index is 12.1. The van der Waals surface area contributed by atoms with Crippen molar-refractivity contribution in [3.05, 3.63) is 16.0 Å². The molecule has 1 aliphatic rings. The van der Waals surface area contributed by atoms with Gasteiger partial charge in [0.25, 0.3) is 5.91 Å². The van der Waals surface area contributed by atoms with Crippen molar-refractivity contribution in [1.29, 1.82) is 0 Å². The van der Waals surface area contributed by atoms with Crippen LogP contribution in [-0.2, 0) is 4.79 Å². The molecule has 4 nitrogen and oxygen atoms in total. The molecular formula is C13H18N2O2S. The number of hydrogen-bond acceptors (Lipinski definition) is 3. The summed E-state index contributed by atoms with van der Waals surface area (Å²) in [4.78, 5) is 24.5. The van der Waals surface area contributed by atoms with Gasteiger partial charge in [-0.25, -0.2) is 0 Å². The average molecular weight is 266 g/mol. The van der Waals surface area contributed by atoms with E-state index in [9.17, 15) is 9.59 Å². The fraction of sp³-hybridized carbons (Fsp3) is 0.538. The molecule has 1 aromatic heterocycles. The summed E-state index contributed by atoms with van der Waals surface area (Å²) in [5.41, 5.74) is 6.71. The average Bonchev–Trinajstić information content (AvgIpc) is 2.88. The summed E-state index contributed by atoms with van der Waals surface area (Å²) in [6.45, 7) is 3.79. The van der Waals surface area contributed by atoms with Crippen LogP contribution in [0.25, 0.3) is 0 Å². The minimum absolute atomic E-state index is 0.0243. The van der Waals surface area contributed by atoms with Crippen LogP contribution in [0.5, 0.6) is 0 Å². The van der Waals surface area contributed by atoms with E-state index in [4.69, 9.17) is 5.73 Å². The molecule has 5 heteroatoms. The molecule has 0 radical (unpaired) electrons. The molecular weight excluding hydrogens is 248 g/mol. The number of rotatable bonds is 3. The van der Waals surface area contributed by atoms with Gasteiger partial charge in [0.05, 0.1) is 5.56 Å². The highest BCUT2D eigenvalue weighted by atomic mass is 32.1. The van der Waals surface area contributed by atoms with Crippen molar-refractivity contribution >= 4 is 28.2 Å². The first-order chi connectivity index (χ1) is 8.50. The molecule has 98 valence electrons. The molecule has 0 saturated heterocycles. The predicted molar refractivity (Wildman–Crippen MR) is 72.9 cm³/mol. The Bertz CT molecular complexity index is 487. The summed E-state index contributed by atoms with van der Waals surface area (Å²) < 4.78 is 0. The molecule has 3 N–H and O–H groups in total. The number of nitrogens with one attached hydrogen (secondary N) is 1. The standard InChI is InChI=1S/C13H18N2O2S/c1-7-8(2)18-13(10(7)11(14)16)15-12(17)9-5-3-4-6-9/h9H,3-6H2,1-2H3,(H2,14,16)(H,15,17). The molecule has 0 spiro atoms. The van der Waals surface area contributed by atoms with Crippen LogP contribution in [0.3, 0.4) is 0 Å². The highest BCUT2D eigenvalue weighted by molar-refractivity contribution is 7.16. The van der Waals surface area contributed by atoms with E-state index in [1.807, 2.05) is 13.8 Å². The van der Waals surface area contributed by atoms with Gasteiger partial charge in [-0.1, -0.05) is 12.8 Å². The summed E-state index contributed by atoms with van der Waals surface area (Å²) in [5, 5.41) is 3.48. The zero-order chi connectivity index (χ0) is 13.3. The fourth-order valence-corrected chi connectivity index (χ4v) is 3.48. The van der Waals surface area contributed by atoms with Gasteiger partial charge in [0.1, 0.15) is 5.00 Å². The van der Waals surface area contributed by atoms with Crippen LogP contribution >= 0.6 is 11.3 Å². The van der Waals surface area contributed by atoms with Crippen molar-refractivity contribution in [2.75, 3.05) is 5.32 Å². The molecule has 1 fully saturated rings. The Morgan fingerprint density at radius 3 is 2.44 bits per heavy atom. The second kappa shape index (κ2) is 5.10. The first kappa shape index (κ1) is 13.1. The topological polar surface area (TPSA) is 72.2 Å². The Balaban J connectivity index is 2.20. The second-order valence-electron chi connectivity index (χ2n) is 4.82. The third-order valence-electron chi connectivity index (χ3n) is 3.59. The van der Waals surface area contributed by atoms with Crippen molar-refractivity contribution in [3.8, 4) is 0 Å². The first-order valence-electron chi connectivity index (χ1n) is 6.21. The number of hydrogen-bond donors (Lipinski definition) is 2. The first-order valence-corrected chi connectivity index (χ1v) is 7.03. The summed E-state index contributed by atoms with van der Waals surface area (Å²) in [6.07, 6.45) is 4.12. The molecule has 1 saturated carbocycles. The van der Waals surface area contributed by atoms with Crippen molar-refractivity contribution in [2.24, 2.45) is 11.7 Å². The molecule has 1 heterocycles. The molecule has 0 bridgehead atoms. The minimum atomic E-state index is -0.474. The highest BCUT2D eigenvalue weighted by Gasteiger charge is 2.25. The van der Waals surface area contributed by atoms with Crippen LogP contribution in [0.4, 0.5) is 5.00 Å². The van der Waals surface area contributed by atoms with Gasteiger partial charge in [0, 0.05) is 10.8 Å². The normalized spacial score (nSPS) is 15.9. The molecule has 0 aromatic carbocycles. The molecule has 0 aliphatic heterocycles. The highest BCUT2D eigenvalue weighted by Crippen LogP contribution is 2.33. The van der Waals surface area contributed by atoms with Crippen LogP contribution in [0, 0.1) is 19.8 Å². The lowest BCUT2D eigenvalue weighted by molar-refractivity contribution is -0.119. The van der Waals surface area contributed by atoms with E-state index >= 15 is 0 Å². The summed E-state index contributed by atoms with van der Waals surface area (Å²) in [6, 6.07) is 0. The van der Waals surface area contributed by atoms with Gasteiger partial charge in [-0.05, 0) is 32.3 Å². The molecule has 0 atom stereocenters. The van der Waals surface area contributed by atoms with Gasteiger partial charge in [-0.3, -0.25) is 9.59 Å². The zero-order valence-corrected chi connectivity index (χ0v) is 11.5. The second-order valence-corrected chi connectivity index (χ2v) is 6.05. The van der Waals surface area contributed by atoms with E-state index in [1.54, 1.807) is 0 Å². The Hall–Kier alpha value is -1.36. The zero-order valence-electron chi connectivity index (χ0n) is 10.7. The Kier molecular flexibility index (Phi) is 3.71. The summed E-state index contributed by atoms with van der Waals surface area (Å²) in [5.74, 6) is -0.358. The largest absolute Gasteiger partial charge is 0.365 e. The molecule has 0 unspecified atom stereocenters. The van der Waals surface area contributed by atoms with Crippen LogP contribution in [0.1, 0.15) is 46.5 Å². The number of amides is 2. The van der Waals surface area contributed by atoms with Crippen LogP contribution in [0.15, 0.2) is 0 Å². The maximum atomic E-state index is 12.1. The van der Waals surface area contributed by atoms with Gasteiger partial charge in [-0.2, -0.15) is 0 Å². The van der Waals surface area contributed by atoms with Crippen LogP contribution in [0.2, 0.25) is 0 Å². The van der Waals surface area contributed by atoms with Crippen molar-refractivity contribution < 1.29 is 9.59 Å². The lowest BCUT2D eigenvalue weighted by atomic mass is 10.1. The van der Waals surface area contributed by atoms with Crippen LogP contribution < -0.4 is 11.1 Å². The molecule has 2 rings (SSSR count). The molecule has 18 heavy (non-hydrogen) atoms. The van der Waals surface area contributed by atoms with Crippen molar-refractivity contribution in [2.45, 2.75) is 39.5 Å². The fourth-order valence-electron chi connectivity index (χ4n) is 2.41. The quantitative estimate of drug-likeness (QED) is 0.882. The number of primary amides is 1. The Morgan fingerprint density at radius 2 is 1.89 bits per heavy atom. The number of aryl methyl sites for hydroxylation is 1. The number of nitrogens with two attached hydrogens (primary N) is 1. The number of anilines is 1.